The standard InChI is InChI=1S/C29H40N4O5S/c1-32-19-25(34)18-30-39(36,37)27-12-11-23(22-7-3-2-4-8-22)17-26(27)38-21-29(20-32)13-15-33(16-14-29)28(35)31-24-9-5-6-10-24/h2-4,7-8,11-12,17,24-25,30,34H,5-6,9-10,13-16,18-21H2,1H3,(H,31,35). The van der Waals surface area contributed by atoms with Crippen LogP contribution in [0.5, 0.6) is 5.75 Å². The van der Waals surface area contributed by atoms with Crippen LogP contribution in [0.3, 0.4) is 0 Å². The van der Waals surface area contributed by atoms with E-state index in [9.17, 15) is 18.3 Å². The maximum absolute atomic E-state index is 13.2. The van der Waals surface area contributed by atoms with Gasteiger partial charge in [0.25, 0.3) is 0 Å². The number of fused-ring (bicyclic) bond motifs is 1. The van der Waals surface area contributed by atoms with Crippen molar-refractivity contribution in [1.29, 1.82) is 0 Å². The quantitative estimate of drug-likeness (QED) is 0.525. The van der Waals surface area contributed by atoms with Crippen LogP contribution >= 0.6 is 0 Å². The molecule has 1 spiro atoms. The van der Waals surface area contributed by atoms with Crippen LogP contribution in [0.2, 0.25) is 0 Å². The lowest BCUT2D eigenvalue weighted by atomic mass is 9.78. The van der Waals surface area contributed by atoms with Crippen molar-refractivity contribution in [3.8, 4) is 16.9 Å². The number of nitrogens with one attached hydrogen (secondary N) is 2. The Labute approximate surface area is 231 Å². The predicted octanol–water partition coefficient (Wildman–Crippen LogP) is 3.05. The Morgan fingerprint density at radius 3 is 2.51 bits per heavy atom. The lowest BCUT2D eigenvalue weighted by Crippen LogP contribution is -2.54. The SMILES string of the molecule is CN1CC(O)CNS(=O)(=O)c2ccc(-c3ccccc3)cc2OCC2(CCN(C(=O)NC3CCCC3)CC2)C1. The van der Waals surface area contributed by atoms with E-state index in [0.29, 0.717) is 38.5 Å². The molecule has 2 amide bonds. The number of hydrogen-bond donors (Lipinski definition) is 3. The van der Waals surface area contributed by atoms with Crippen molar-refractivity contribution < 1.29 is 23.1 Å². The molecule has 0 bridgehead atoms. The molecular formula is C29H40N4O5S. The number of carbonyl (C=O) groups is 1. The molecule has 10 heteroatoms. The number of hydrogen-bond acceptors (Lipinski definition) is 6. The molecule has 0 aromatic heterocycles. The van der Waals surface area contributed by atoms with Crippen molar-refractivity contribution in [2.75, 3.05) is 46.4 Å². The first-order valence-electron chi connectivity index (χ1n) is 14.0. The summed E-state index contributed by atoms with van der Waals surface area (Å²) in [5.41, 5.74) is 1.53. The van der Waals surface area contributed by atoms with Crippen LogP contribution in [0.25, 0.3) is 11.1 Å². The molecule has 1 atom stereocenters. The van der Waals surface area contributed by atoms with E-state index in [0.717, 1.165) is 36.8 Å². The van der Waals surface area contributed by atoms with E-state index in [4.69, 9.17) is 4.74 Å². The van der Waals surface area contributed by atoms with Crippen molar-refractivity contribution in [3.63, 3.8) is 0 Å². The van der Waals surface area contributed by atoms with E-state index in [-0.39, 0.29) is 28.9 Å². The number of nitrogens with zero attached hydrogens (tertiary/aromatic N) is 2. The molecule has 2 aromatic rings. The minimum atomic E-state index is -3.91. The van der Waals surface area contributed by atoms with E-state index < -0.39 is 16.1 Å². The summed E-state index contributed by atoms with van der Waals surface area (Å²) in [5, 5.41) is 13.8. The smallest absolute Gasteiger partial charge is 0.317 e. The second-order valence-corrected chi connectivity index (χ2v) is 13.2. The molecule has 2 aliphatic heterocycles. The maximum atomic E-state index is 13.2. The summed E-state index contributed by atoms with van der Waals surface area (Å²) in [7, 11) is -1.97. The highest BCUT2D eigenvalue weighted by molar-refractivity contribution is 7.89. The van der Waals surface area contributed by atoms with Gasteiger partial charge in [-0.05, 0) is 56.0 Å². The zero-order valence-electron chi connectivity index (χ0n) is 22.6. The summed E-state index contributed by atoms with van der Waals surface area (Å²) in [6.45, 7) is 2.43. The number of rotatable bonds is 2. The molecule has 0 radical (unpaired) electrons. The number of amides is 2. The number of sulfonamides is 1. The van der Waals surface area contributed by atoms with Gasteiger partial charge in [0, 0.05) is 44.2 Å². The highest BCUT2D eigenvalue weighted by Crippen LogP contribution is 2.37. The van der Waals surface area contributed by atoms with E-state index in [1.54, 1.807) is 18.2 Å². The minimum Gasteiger partial charge on any atom is -0.492 e. The minimum absolute atomic E-state index is 0.00427. The summed E-state index contributed by atoms with van der Waals surface area (Å²) in [6, 6.07) is 15.2. The average Bonchev–Trinajstić information content (AvgIpc) is 3.44. The number of ether oxygens (including phenoxy) is 1. The number of piperidine rings is 1. The van der Waals surface area contributed by atoms with Crippen LogP contribution in [-0.4, -0.2) is 87.9 Å². The molecule has 2 aromatic carbocycles. The van der Waals surface area contributed by atoms with Gasteiger partial charge in [-0.3, -0.25) is 0 Å². The molecule has 3 N–H and O–H groups in total. The van der Waals surface area contributed by atoms with Crippen molar-refractivity contribution in [2.45, 2.75) is 55.6 Å². The number of urea groups is 1. The Hall–Kier alpha value is -2.66. The average molecular weight is 557 g/mol. The summed E-state index contributed by atoms with van der Waals surface area (Å²) < 4.78 is 35.4. The fourth-order valence-electron chi connectivity index (χ4n) is 6.10. The van der Waals surface area contributed by atoms with Crippen LogP contribution in [0, 0.1) is 5.41 Å². The van der Waals surface area contributed by atoms with Crippen molar-refractivity contribution in [2.24, 2.45) is 5.41 Å². The van der Waals surface area contributed by atoms with Crippen LogP contribution < -0.4 is 14.8 Å². The molecule has 9 nitrogen and oxygen atoms in total. The molecule has 1 saturated carbocycles. The van der Waals surface area contributed by atoms with Crippen molar-refractivity contribution >= 4 is 16.1 Å². The molecule has 39 heavy (non-hydrogen) atoms. The topological polar surface area (TPSA) is 111 Å². The number of aliphatic hydroxyl groups excluding tert-OH is 1. The molecule has 2 fully saturated rings. The highest BCUT2D eigenvalue weighted by atomic mass is 32.2. The second kappa shape index (κ2) is 11.8. The highest BCUT2D eigenvalue weighted by Gasteiger charge is 2.39. The van der Waals surface area contributed by atoms with Gasteiger partial charge in [0.2, 0.25) is 10.0 Å². The molecule has 1 saturated heterocycles. The van der Waals surface area contributed by atoms with Gasteiger partial charge < -0.3 is 25.0 Å². The van der Waals surface area contributed by atoms with Crippen LogP contribution in [0.1, 0.15) is 38.5 Å². The number of carbonyl (C=O) groups excluding carboxylic acids is 1. The number of likely N-dealkylation sites (tertiary alicyclic amines) is 1. The zero-order valence-corrected chi connectivity index (χ0v) is 23.5. The molecule has 3 aliphatic rings. The third-order valence-electron chi connectivity index (χ3n) is 8.31. The Bertz CT molecular complexity index is 1240. The molecule has 1 unspecified atom stereocenters. The molecular weight excluding hydrogens is 516 g/mol. The number of β-amino-alcohol motifs (C(OH)–C–C–N with tert-alkyl or cyclic N) is 1. The summed E-state index contributed by atoms with van der Waals surface area (Å²) in [6.07, 6.45) is 5.03. The molecule has 212 valence electrons. The van der Waals surface area contributed by atoms with Crippen LogP contribution in [0.4, 0.5) is 4.79 Å². The van der Waals surface area contributed by atoms with Gasteiger partial charge in [-0.1, -0.05) is 49.2 Å². The number of likely N-dealkylation sites (N-methyl/N-ethyl adjacent to an activating group) is 1. The molecule has 1 aliphatic carbocycles. The van der Waals surface area contributed by atoms with Gasteiger partial charge in [0.05, 0.1) is 12.7 Å². The molecule has 5 rings (SSSR count). The van der Waals surface area contributed by atoms with E-state index in [1.165, 1.54) is 12.8 Å². The fourth-order valence-corrected chi connectivity index (χ4v) is 7.29. The lowest BCUT2D eigenvalue weighted by Gasteiger charge is -2.44. The van der Waals surface area contributed by atoms with Crippen LogP contribution in [-0.2, 0) is 10.0 Å². The van der Waals surface area contributed by atoms with E-state index in [1.807, 2.05) is 47.2 Å². The van der Waals surface area contributed by atoms with Crippen molar-refractivity contribution in [1.82, 2.24) is 19.8 Å². The normalized spacial score (nSPS) is 24.3. The Morgan fingerprint density at radius 2 is 1.79 bits per heavy atom. The van der Waals surface area contributed by atoms with Crippen molar-refractivity contribution in [3.05, 3.63) is 48.5 Å². The second-order valence-electron chi connectivity index (χ2n) is 11.4. The third kappa shape index (κ3) is 6.74. The van der Waals surface area contributed by atoms with Gasteiger partial charge in [0.1, 0.15) is 10.6 Å². The zero-order chi connectivity index (χ0) is 27.5. The lowest BCUT2D eigenvalue weighted by molar-refractivity contribution is 0.0241. The third-order valence-corrected chi connectivity index (χ3v) is 9.77. The predicted molar refractivity (Wildman–Crippen MR) is 150 cm³/mol. The van der Waals surface area contributed by atoms with Gasteiger partial charge in [-0.2, -0.15) is 0 Å². The Morgan fingerprint density at radius 1 is 1.08 bits per heavy atom. The van der Waals surface area contributed by atoms with Crippen LogP contribution in [0.15, 0.2) is 53.4 Å². The summed E-state index contributed by atoms with van der Waals surface area (Å²) in [5.74, 6) is 0.294. The molecule has 2 heterocycles. The first-order chi connectivity index (χ1) is 18.7. The van der Waals surface area contributed by atoms with E-state index >= 15 is 0 Å². The fraction of sp³-hybridized carbons (Fsp3) is 0.552. The Kier molecular flexibility index (Phi) is 8.46. The largest absolute Gasteiger partial charge is 0.492 e. The maximum Gasteiger partial charge on any atom is 0.317 e. The number of benzene rings is 2. The Balaban J connectivity index is 1.40. The van der Waals surface area contributed by atoms with Gasteiger partial charge in [-0.25, -0.2) is 17.9 Å². The summed E-state index contributed by atoms with van der Waals surface area (Å²) >= 11 is 0. The van der Waals surface area contributed by atoms with Gasteiger partial charge >= 0.3 is 6.03 Å². The monoisotopic (exact) mass is 556 g/mol. The number of aliphatic hydroxyl groups is 1. The first-order valence-corrected chi connectivity index (χ1v) is 15.5. The van der Waals surface area contributed by atoms with Gasteiger partial charge in [-0.15, -0.1) is 0 Å². The summed E-state index contributed by atoms with van der Waals surface area (Å²) in [4.78, 5) is 16.9. The van der Waals surface area contributed by atoms with E-state index in [2.05, 4.69) is 10.0 Å². The van der Waals surface area contributed by atoms with Gasteiger partial charge in [0.15, 0.2) is 0 Å². The first kappa shape index (κ1) is 27.9.